The lowest BCUT2D eigenvalue weighted by Gasteiger charge is -2.22. The van der Waals surface area contributed by atoms with E-state index in [4.69, 9.17) is 4.74 Å². The molecule has 0 aliphatic heterocycles. The number of carbonyl (C=O) groups excluding carboxylic acids is 1. The minimum Gasteiger partial charge on any atom is -0.492 e. The number of rotatable bonds is 9. The number of para-hydroxylation sites is 2. The van der Waals surface area contributed by atoms with Crippen molar-refractivity contribution in [2.24, 2.45) is 5.92 Å². The average Bonchev–Trinajstić information content (AvgIpc) is 2.64. The van der Waals surface area contributed by atoms with Crippen LogP contribution in [0.15, 0.2) is 54.6 Å². The zero-order valence-corrected chi connectivity index (χ0v) is 16.3. The minimum atomic E-state index is -0.592. The first-order chi connectivity index (χ1) is 12.5. The molecule has 2 N–H and O–H groups in total. The first-order valence-electron chi connectivity index (χ1n) is 8.90. The van der Waals surface area contributed by atoms with Crippen LogP contribution in [0.2, 0.25) is 0 Å². The molecule has 0 saturated heterocycles. The van der Waals surface area contributed by atoms with E-state index in [9.17, 15) is 9.90 Å². The monoisotopic (exact) mass is 373 g/mol. The molecule has 140 valence electrons. The summed E-state index contributed by atoms with van der Waals surface area (Å²) in [6.45, 7) is 6.48. The highest BCUT2D eigenvalue weighted by Crippen LogP contribution is 2.29. The van der Waals surface area contributed by atoms with Crippen molar-refractivity contribution in [3.63, 3.8) is 0 Å². The van der Waals surface area contributed by atoms with Crippen molar-refractivity contribution in [3.05, 3.63) is 60.2 Å². The summed E-state index contributed by atoms with van der Waals surface area (Å²) in [6, 6.07) is 17.0. The lowest BCUT2D eigenvalue weighted by atomic mass is 10.1. The average molecular weight is 374 g/mol. The number of aliphatic hydroxyl groups is 1. The predicted octanol–water partition coefficient (Wildman–Crippen LogP) is 4.52. The Kier molecular flexibility index (Phi) is 8.01. The van der Waals surface area contributed by atoms with Crippen LogP contribution in [0.5, 0.6) is 5.75 Å². The van der Waals surface area contributed by atoms with Crippen LogP contribution in [0.1, 0.15) is 32.4 Å². The number of hydrogen-bond acceptors (Lipinski definition) is 4. The summed E-state index contributed by atoms with van der Waals surface area (Å²) in [5.41, 5.74) is 1.54. The summed E-state index contributed by atoms with van der Waals surface area (Å²) < 4.78 is 5.57. The molecule has 0 aliphatic carbocycles. The summed E-state index contributed by atoms with van der Waals surface area (Å²) in [7, 11) is 0. The number of nitrogens with one attached hydrogen (secondary N) is 1. The number of benzene rings is 2. The number of carbonyl (C=O) groups is 1. The van der Waals surface area contributed by atoms with E-state index in [0.717, 1.165) is 5.56 Å². The fourth-order valence-electron chi connectivity index (χ4n) is 2.59. The molecule has 4 nitrogen and oxygen atoms in total. The number of hydrogen-bond donors (Lipinski definition) is 2. The predicted molar refractivity (Wildman–Crippen MR) is 109 cm³/mol. The maximum absolute atomic E-state index is 12.8. The highest BCUT2D eigenvalue weighted by atomic mass is 32.2. The molecule has 0 aliphatic rings. The van der Waals surface area contributed by atoms with Gasteiger partial charge in [-0.05, 0) is 30.5 Å². The molecule has 1 amide bonds. The fourth-order valence-corrected chi connectivity index (χ4v) is 3.77. The van der Waals surface area contributed by atoms with Crippen LogP contribution in [-0.2, 0) is 4.79 Å². The Hall–Kier alpha value is -1.98. The van der Waals surface area contributed by atoms with E-state index < -0.39 is 6.10 Å². The van der Waals surface area contributed by atoms with Crippen molar-refractivity contribution >= 4 is 23.4 Å². The summed E-state index contributed by atoms with van der Waals surface area (Å²) in [5, 5.41) is 13.1. The molecule has 2 rings (SSSR count). The molecule has 2 atom stereocenters. The molecule has 5 heteroatoms. The van der Waals surface area contributed by atoms with Gasteiger partial charge < -0.3 is 15.2 Å². The third-order valence-electron chi connectivity index (χ3n) is 3.93. The smallest absolute Gasteiger partial charge is 0.237 e. The summed E-state index contributed by atoms with van der Waals surface area (Å²) in [5.74, 6) is 1.20. The first kappa shape index (κ1) is 20.3. The first-order valence-corrected chi connectivity index (χ1v) is 9.95. The Morgan fingerprint density at radius 3 is 2.42 bits per heavy atom. The maximum atomic E-state index is 12.8. The third kappa shape index (κ3) is 5.78. The van der Waals surface area contributed by atoms with Crippen molar-refractivity contribution in [2.45, 2.75) is 32.1 Å². The molecule has 0 spiro atoms. The van der Waals surface area contributed by atoms with Gasteiger partial charge in [0, 0.05) is 5.75 Å². The minimum absolute atomic E-state index is 0.0718. The van der Waals surface area contributed by atoms with Crippen molar-refractivity contribution in [2.75, 3.05) is 17.7 Å². The highest BCUT2D eigenvalue weighted by Gasteiger charge is 2.25. The molecule has 2 aromatic carbocycles. The van der Waals surface area contributed by atoms with E-state index in [1.54, 1.807) is 0 Å². The van der Waals surface area contributed by atoms with E-state index in [0.29, 0.717) is 23.8 Å². The van der Waals surface area contributed by atoms with E-state index in [-0.39, 0.29) is 17.1 Å². The number of ether oxygens (including phenoxy) is 1. The van der Waals surface area contributed by atoms with Crippen LogP contribution in [0, 0.1) is 5.92 Å². The Labute approximate surface area is 160 Å². The van der Waals surface area contributed by atoms with Crippen LogP contribution in [0.25, 0.3) is 0 Å². The molecule has 26 heavy (non-hydrogen) atoms. The van der Waals surface area contributed by atoms with Crippen molar-refractivity contribution in [1.29, 1.82) is 0 Å². The summed E-state index contributed by atoms with van der Waals surface area (Å²) >= 11 is 1.48. The molecule has 0 heterocycles. The molecule has 0 bridgehead atoms. The van der Waals surface area contributed by atoms with Gasteiger partial charge in [-0.1, -0.05) is 56.3 Å². The molecule has 2 aromatic rings. The summed E-state index contributed by atoms with van der Waals surface area (Å²) in [6.07, 6.45) is -0.592. The molecule has 0 fully saturated rings. The van der Waals surface area contributed by atoms with E-state index >= 15 is 0 Å². The van der Waals surface area contributed by atoms with Crippen molar-refractivity contribution in [3.8, 4) is 5.75 Å². The van der Waals surface area contributed by atoms with Crippen LogP contribution in [0.4, 0.5) is 5.69 Å². The van der Waals surface area contributed by atoms with Gasteiger partial charge in [0.05, 0.1) is 23.6 Å². The van der Waals surface area contributed by atoms with Gasteiger partial charge in [0.15, 0.2) is 0 Å². The van der Waals surface area contributed by atoms with E-state index in [2.05, 4.69) is 5.32 Å². The standard InChI is InChI=1S/C21H27NO3S/c1-4-25-19-13-9-8-12-17(19)22-21(24)20(15(2)3)26-14-18(23)16-10-6-5-7-11-16/h5-13,15,18,20,23H,4,14H2,1-3H3,(H,22,24). The van der Waals surface area contributed by atoms with Gasteiger partial charge in [0.1, 0.15) is 5.75 Å². The fraction of sp³-hybridized carbons (Fsp3) is 0.381. The van der Waals surface area contributed by atoms with E-state index in [1.807, 2.05) is 75.4 Å². The van der Waals surface area contributed by atoms with Crippen molar-refractivity contribution < 1.29 is 14.6 Å². The topological polar surface area (TPSA) is 58.6 Å². The SMILES string of the molecule is CCOc1ccccc1NC(=O)C(SCC(O)c1ccccc1)C(C)C. The van der Waals surface area contributed by atoms with Gasteiger partial charge in [0.2, 0.25) is 5.91 Å². The molecule has 0 radical (unpaired) electrons. The third-order valence-corrected chi connectivity index (χ3v) is 5.55. The Bertz CT molecular complexity index is 691. The summed E-state index contributed by atoms with van der Waals surface area (Å²) in [4.78, 5) is 12.8. The van der Waals surface area contributed by atoms with E-state index in [1.165, 1.54) is 11.8 Å². The molecular formula is C21H27NO3S. The van der Waals surface area contributed by atoms with Gasteiger partial charge in [-0.2, -0.15) is 0 Å². The molecular weight excluding hydrogens is 346 g/mol. The maximum Gasteiger partial charge on any atom is 0.237 e. The quantitative estimate of drug-likeness (QED) is 0.679. The largest absolute Gasteiger partial charge is 0.492 e. The Balaban J connectivity index is 2.01. The van der Waals surface area contributed by atoms with Crippen molar-refractivity contribution in [1.82, 2.24) is 0 Å². The van der Waals surface area contributed by atoms with Gasteiger partial charge in [0.25, 0.3) is 0 Å². The van der Waals surface area contributed by atoms with Crippen LogP contribution in [0.3, 0.4) is 0 Å². The number of anilines is 1. The Morgan fingerprint density at radius 1 is 1.12 bits per heavy atom. The number of aliphatic hydroxyl groups excluding tert-OH is 1. The Morgan fingerprint density at radius 2 is 1.77 bits per heavy atom. The van der Waals surface area contributed by atoms with Crippen LogP contribution < -0.4 is 10.1 Å². The van der Waals surface area contributed by atoms with Gasteiger partial charge in [-0.25, -0.2) is 0 Å². The molecule has 2 unspecified atom stereocenters. The lowest BCUT2D eigenvalue weighted by Crippen LogP contribution is -2.30. The van der Waals surface area contributed by atoms with Crippen LogP contribution in [-0.4, -0.2) is 28.6 Å². The zero-order chi connectivity index (χ0) is 18.9. The molecule has 0 aromatic heterocycles. The number of thioether (sulfide) groups is 1. The highest BCUT2D eigenvalue weighted by molar-refractivity contribution is 8.00. The second-order valence-corrected chi connectivity index (χ2v) is 7.52. The zero-order valence-electron chi connectivity index (χ0n) is 15.5. The lowest BCUT2D eigenvalue weighted by molar-refractivity contribution is -0.116. The van der Waals surface area contributed by atoms with Gasteiger partial charge in [-0.15, -0.1) is 11.8 Å². The normalized spacial score (nSPS) is 13.3. The van der Waals surface area contributed by atoms with Gasteiger partial charge >= 0.3 is 0 Å². The number of amides is 1. The van der Waals surface area contributed by atoms with Gasteiger partial charge in [-0.3, -0.25) is 4.79 Å². The second kappa shape index (κ2) is 10.2. The molecule has 0 saturated carbocycles. The second-order valence-electron chi connectivity index (χ2n) is 6.34. The van der Waals surface area contributed by atoms with Crippen LogP contribution >= 0.6 is 11.8 Å².